The van der Waals surface area contributed by atoms with Gasteiger partial charge in [-0.2, -0.15) is 4.98 Å². The van der Waals surface area contributed by atoms with E-state index in [1.165, 1.54) is 10.3 Å². The molecule has 2 aromatic heterocycles. The Morgan fingerprint density at radius 1 is 1.24 bits per heavy atom. The van der Waals surface area contributed by atoms with Gasteiger partial charge in [-0.1, -0.05) is 6.07 Å². The van der Waals surface area contributed by atoms with E-state index in [4.69, 9.17) is 4.74 Å². The lowest BCUT2D eigenvalue weighted by Gasteiger charge is -2.38. The van der Waals surface area contributed by atoms with Crippen LogP contribution >= 0.6 is 11.3 Å². The molecule has 4 heterocycles. The number of carbonyl (C=O) groups is 1. The Balaban J connectivity index is 1.26. The number of hydrogen-bond acceptors (Lipinski definition) is 8. The third kappa shape index (κ3) is 3.40. The molecule has 29 heavy (non-hydrogen) atoms. The van der Waals surface area contributed by atoms with Gasteiger partial charge in [-0.25, -0.2) is 9.97 Å². The molecule has 0 spiro atoms. The highest BCUT2D eigenvalue weighted by atomic mass is 32.1. The van der Waals surface area contributed by atoms with Gasteiger partial charge in [0.25, 0.3) is 5.91 Å². The van der Waals surface area contributed by atoms with Gasteiger partial charge in [-0.3, -0.25) is 9.69 Å². The van der Waals surface area contributed by atoms with Crippen molar-refractivity contribution in [1.82, 2.24) is 19.9 Å². The normalized spacial score (nSPS) is 20.8. The van der Waals surface area contributed by atoms with Gasteiger partial charge in [0.2, 0.25) is 11.8 Å². The SMILES string of the molecule is CC1Oc2nc(N3CCN(C(C)c4ccc5scnc5c4)CC3)ncc2NC1=O. The molecule has 1 aromatic carbocycles. The molecule has 1 fully saturated rings. The molecule has 1 amide bonds. The highest BCUT2D eigenvalue weighted by molar-refractivity contribution is 7.16. The van der Waals surface area contributed by atoms with Crippen molar-refractivity contribution >= 4 is 39.1 Å². The number of nitrogens with zero attached hydrogens (tertiary/aromatic N) is 5. The van der Waals surface area contributed by atoms with E-state index in [9.17, 15) is 4.79 Å². The number of amides is 1. The number of carbonyl (C=O) groups excluding carboxylic acids is 1. The monoisotopic (exact) mass is 410 g/mol. The van der Waals surface area contributed by atoms with Crippen LogP contribution in [0.3, 0.4) is 0 Å². The van der Waals surface area contributed by atoms with Gasteiger partial charge in [-0.15, -0.1) is 11.3 Å². The van der Waals surface area contributed by atoms with Crippen LogP contribution in [-0.2, 0) is 4.79 Å². The van der Waals surface area contributed by atoms with Crippen LogP contribution < -0.4 is 15.0 Å². The molecule has 0 aliphatic carbocycles. The second-order valence-corrected chi connectivity index (χ2v) is 8.30. The molecule has 8 nitrogen and oxygen atoms in total. The Kier molecular flexibility index (Phi) is 4.56. The maximum absolute atomic E-state index is 11.7. The number of benzene rings is 1. The van der Waals surface area contributed by atoms with Gasteiger partial charge in [0.15, 0.2) is 6.10 Å². The lowest BCUT2D eigenvalue weighted by molar-refractivity contribution is -0.122. The molecule has 1 saturated heterocycles. The molecule has 0 bridgehead atoms. The Morgan fingerprint density at radius 2 is 2.07 bits per heavy atom. The maximum Gasteiger partial charge on any atom is 0.265 e. The number of thiazole rings is 1. The second kappa shape index (κ2) is 7.23. The Bertz CT molecular complexity index is 1060. The summed E-state index contributed by atoms with van der Waals surface area (Å²) in [6.45, 7) is 7.48. The smallest absolute Gasteiger partial charge is 0.265 e. The van der Waals surface area contributed by atoms with Gasteiger partial charge >= 0.3 is 0 Å². The van der Waals surface area contributed by atoms with E-state index >= 15 is 0 Å². The summed E-state index contributed by atoms with van der Waals surface area (Å²) in [5.74, 6) is 0.907. The van der Waals surface area contributed by atoms with E-state index in [1.54, 1.807) is 24.5 Å². The molecule has 2 atom stereocenters. The number of piperazine rings is 1. The Labute approximate surface area is 172 Å². The molecule has 1 N–H and O–H groups in total. The summed E-state index contributed by atoms with van der Waals surface area (Å²) in [6.07, 6.45) is 1.08. The van der Waals surface area contributed by atoms with E-state index in [2.05, 4.69) is 55.2 Å². The maximum atomic E-state index is 11.7. The van der Waals surface area contributed by atoms with Crippen molar-refractivity contribution in [2.75, 3.05) is 36.4 Å². The second-order valence-electron chi connectivity index (χ2n) is 7.42. The third-order valence-electron chi connectivity index (χ3n) is 5.64. The quantitative estimate of drug-likeness (QED) is 0.711. The van der Waals surface area contributed by atoms with E-state index in [0.717, 1.165) is 31.7 Å². The average Bonchev–Trinajstić information content (AvgIpc) is 3.22. The molecule has 3 aromatic rings. The summed E-state index contributed by atoms with van der Waals surface area (Å²) < 4.78 is 6.84. The van der Waals surface area contributed by atoms with E-state index in [1.807, 2.05) is 5.51 Å². The molecule has 2 aliphatic rings. The van der Waals surface area contributed by atoms with Crippen LogP contribution in [0.15, 0.2) is 29.9 Å². The summed E-state index contributed by atoms with van der Waals surface area (Å²) in [5.41, 5.74) is 4.79. The van der Waals surface area contributed by atoms with Crippen molar-refractivity contribution < 1.29 is 9.53 Å². The molecule has 5 rings (SSSR count). The van der Waals surface area contributed by atoms with Crippen molar-refractivity contribution in [2.45, 2.75) is 26.0 Å². The van der Waals surface area contributed by atoms with E-state index < -0.39 is 6.10 Å². The first-order valence-electron chi connectivity index (χ1n) is 9.75. The van der Waals surface area contributed by atoms with Crippen LogP contribution in [0.2, 0.25) is 0 Å². The summed E-state index contributed by atoms with van der Waals surface area (Å²) >= 11 is 1.67. The molecule has 2 aliphatic heterocycles. The highest BCUT2D eigenvalue weighted by Crippen LogP contribution is 2.30. The molecule has 0 radical (unpaired) electrons. The lowest BCUT2D eigenvalue weighted by atomic mass is 10.1. The Morgan fingerprint density at radius 3 is 2.90 bits per heavy atom. The van der Waals surface area contributed by atoms with Crippen LogP contribution in [0.5, 0.6) is 5.88 Å². The first kappa shape index (κ1) is 18.3. The van der Waals surface area contributed by atoms with Crippen LogP contribution in [0.1, 0.15) is 25.5 Å². The van der Waals surface area contributed by atoms with Crippen molar-refractivity contribution in [3.63, 3.8) is 0 Å². The van der Waals surface area contributed by atoms with Crippen LogP contribution in [0.25, 0.3) is 10.2 Å². The van der Waals surface area contributed by atoms with Gasteiger partial charge in [0.1, 0.15) is 5.69 Å². The fourth-order valence-corrected chi connectivity index (χ4v) is 4.45. The molecule has 9 heteroatoms. The van der Waals surface area contributed by atoms with Crippen molar-refractivity contribution in [3.05, 3.63) is 35.5 Å². The summed E-state index contributed by atoms with van der Waals surface area (Å²) in [7, 11) is 0. The topological polar surface area (TPSA) is 83.5 Å². The number of aromatic nitrogens is 3. The van der Waals surface area contributed by atoms with Gasteiger partial charge < -0.3 is 15.0 Å². The van der Waals surface area contributed by atoms with Crippen LogP contribution in [0, 0.1) is 0 Å². The zero-order valence-electron chi connectivity index (χ0n) is 16.3. The van der Waals surface area contributed by atoms with Crippen LogP contribution in [-0.4, -0.2) is 58.0 Å². The molecular weight excluding hydrogens is 388 g/mol. The largest absolute Gasteiger partial charge is 0.463 e. The fourth-order valence-electron chi connectivity index (χ4n) is 3.80. The summed E-state index contributed by atoms with van der Waals surface area (Å²) in [6, 6.07) is 6.89. The predicted molar refractivity (Wildman–Crippen MR) is 113 cm³/mol. The van der Waals surface area contributed by atoms with Gasteiger partial charge in [0, 0.05) is 32.2 Å². The average molecular weight is 411 g/mol. The van der Waals surface area contributed by atoms with Crippen molar-refractivity contribution in [2.24, 2.45) is 0 Å². The van der Waals surface area contributed by atoms with E-state index in [0.29, 0.717) is 23.6 Å². The third-order valence-corrected chi connectivity index (χ3v) is 6.45. The minimum absolute atomic E-state index is 0.174. The van der Waals surface area contributed by atoms with Crippen molar-refractivity contribution in [3.8, 4) is 5.88 Å². The minimum Gasteiger partial charge on any atom is -0.463 e. The molecule has 2 unspecified atom stereocenters. The first-order chi connectivity index (χ1) is 14.1. The standard InChI is InChI=1S/C20H22N6O2S/c1-12(14-3-4-17-15(9-14)22-11-29-17)25-5-7-26(8-6-25)20-21-10-16-19(24-20)28-13(2)18(27)23-16/h3-4,9-13H,5-8H2,1-2H3,(H,23,27). The van der Waals surface area contributed by atoms with Gasteiger partial charge in [-0.05, 0) is 31.5 Å². The number of nitrogens with one attached hydrogen (secondary N) is 1. The van der Waals surface area contributed by atoms with Gasteiger partial charge in [0.05, 0.1) is 21.9 Å². The number of anilines is 2. The number of rotatable bonds is 3. The molecule has 0 saturated carbocycles. The molecular formula is C20H22N6O2S. The molecule has 150 valence electrons. The van der Waals surface area contributed by atoms with Crippen LogP contribution in [0.4, 0.5) is 11.6 Å². The summed E-state index contributed by atoms with van der Waals surface area (Å²) in [4.78, 5) is 29.7. The lowest BCUT2D eigenvalue weighted by Crippen LogP contribution is -2.47. The highest BCUT2D eigenvalue weighted by Gasteiger charge is 2.28. The number of ether oxygens (including phenoxy) is 1. The zero-order valence-corrected chi connectivity index (χ0v) is 17.1. The number of fused-ring (bicyclic) bond motifs is 2. The van der Waals surface area contributed by atoms with Crippen molar-refractivity contribution in [1.29, 1.82) is 0 Å². The first-order valence-corrected chi connectivity index (χ1v) is 10.6. The Hall–Kier alpha value is -2.78. The zero-order chi connectivity index (χ0) is 20.0. The predicted octanol–water partition coefficient (Wildman–Crippen LogP) is 2.69. The minimum atomic E-state index is -0.544. The summed E-state index contributed by atoms with van der Waals surface area (Å²) in [5, 5.41) is 2.77. The number of hydrogen-bond donors (Lipinski definition) is 1. The van der Waals surface area contributed by atoms with E-state index in [-0.39, 0.29) is 5.91 Å². The fraction of sp³-hybridized carbons (Fsp3) is 0.400.